The van der Waals surface area contributed by atoms with Crippen LogP contribution in [0.2, 0.25) is 0 Å². The van der Waals surface area contributed by atoms with E-state index in [1.807, 2.05) is 60.0 Å². The molecule has 4 rings (SSSR count). The van der Waals surface area contributed by atoms with Crippen LogP contribution in [0.4, 0.5) is 0 Å². The second kappa shape index (κ2) is 14.5. The van der Waals surface area contributed by atoms with E-state index < -0.39 is 0 Å². The van der Waals surface area contributed by atoms with E-state index in [-0.39, 0.29) is 48.7 Å². The zero-order valence-corrected chi connectivity index (χ0v) is 26.4. The van der Waals surface area contributed by atoms with E-state index in [1.165, 1.54) is 0 Å². The van der Waals surface area contributed by atoms with Crippen molar-refractivity contribution >= 4 is 23.8 Å². The van der Waals surface area contributed by atoms with E-state index >= 15 is 0 Å². The second-order valence-electron chi connectivity index (χ2n) is 11.9. The zero-order chi connectivity index (χ0) is 31.1. The molecule has 0 aliphatic carbocycles. The van der Waals surface area contributed by atoms with Crippen molar-refractivity contribution in [2.24, 2.45) is 11.8 Å². The number of amides is 2. The van der Waals surface area contributed by atoms with Gasteiger partial charge in [0, 0.05) is 24.2 Å². The summed E-state index contributed by atoms with van der Waals surface area (Å²) < 4.78 is 10.1. The third-order valence-corrected chi connectivity index (χ3v) is 7.32. The van der Waals surface area contributed by atoms with Gasteiger partial charge in [-0.05, 0) is 62.8 Å². The Morgan fingerprint density at radius 2 is 1.05 bits per heavy atom. The highest BCUT2D eigenvalue weighted by Crippen LogP contribution is 2.38. The Hall–Kier alpha value is -3.68. The number of carbonyl (C=O) groups is 4. The first kappa shape index (κ1) is 32.8. The number of aryl methyl sites for hydroxylation is 2. The first-order chi connectivity index (χ1) is 19.9. The Morgan fingerprint density at radius 3 is 1.36 bits per heavy atom. The summed E-state index contributed by atoms with van der Waals surface area (Å²) in [4.78, 5) is 52.5. The Morgan fingerprint density at radius 1 is 0.690 bits per heavy atom. The molecule has 0 fully saturated rings. The summed E-state index contributed by atoms with van der Waals surface area (Å²) >= 11 is 0. The lowest BCUT2D eigenvalue weighted by molar-refractivity contribution is -0.145. The van der Waals surface area contributed by atoms with Crippen LogP contribution in [0.15, 0.2) is 36.4 Å². The van der Waals surface area contributed by atoms with Crippen molar-refractivity contribution in [2.45, 2.75) is 80.3 Å². The number of nitrogens with zero attached hydrogens (tertiary/aromatic N) is 2. The summed E-state index contributed by atoms with van der Waals surface area (Å²) in [6, 6.07) is 11.2. The molecule has 2 aliphatic rings. The van der Waals surface area contributed by atoms with E-state index in [1.54, 1.807) is 13.8 Å². The lowest BCUT2D eigenvalue weighted by atomic mass is 9.99. The summed E-state index contributed by atoms with van der Waals surface area (Å²) in [7, 11) is 0. The van der Waals surface area contributed by atoms with Gasteiger partial charge in [0.05, 0.1) is 38.1 Å². The molecule has 8 nitrogen and oxygen atoms in total. The van der Waals surface area contributed by atoms with E-state index in [2.05, 4.69) is 27.7 Å². The number of rotatable bonds is 10. The number of hydrogen-bond acceptors (Lipinski definition) is 6. The largest absolute Gasteiger partial charge is 0.466 e. The SMILES string of the molecule is CCOC(=O)CC1c2cc(C)ccc2C(=O)N1CC(C)C.CCOC(=O)CC1c2cc(C)ccc2C(=O)N1CC(C)C. The van der Waals surface area contributed by atoms with Gasteiger partial charge >= 0.3 is 11.9 Å². The molecule has 0 saturated carbocycles. The fourth-order valence-electron chi connectivity index (χ4n) is 5.64. The minimum Gasteiger partial charge on any atom is -0.466 e. The molecule has 2 unspecified atom stereocenters. The summed E-state index contributed by atoms with van der Waals surface area (Å²) in [5.41, 5.74) is 5.54. The third-order valence-electron chi connectivity index (χ3n) is 7.32. The predicted molar refractivity (Wildman–Crippen MR) is 162 cm³/mol. The summed E-state index contributed by atoms with van der Waals surface area (Å²) in [6.07, 6.45) is 0.450. The van der Waals surface area contributed by atoms with Crippen LogP contribution in [0.1, 0.15) is 109 Å². The van der Waals surface area contributed by atoms with Crippen LogP contribution in [-0.4, -0.2) is 59.9 Å². The Kier molecular flexibility index (Phi) is 11.3. The van der Waals surface area contributed by atoms with Gasteiger partial charge < -0.3 is 19.3 Å². The van der Waals surface area contributed by atoms with E-state index in [9.17, 15) is 19.2 Å². The smallest absolute Gasteiger partial charge is 0.308 e. The Labute approximate surface area is 250 Å². The van der Waals surface area contributed by atoms with Crippen LogP contribution in [-0.2, 0) is 19.1 Å². The molecule has 228 valence electrons. The molecule has 8 heteroatoms. The number of carbonyl (C=O) groups excluding carboxylic acids is 4. The van der Waals surface area contributed by atoms with Crippen LogP contribution >= 0.6 is 0 Å². The number of fused-ring (bicyclic) bond motifs is 2. The monoisotopic (exact) mass is 578 g/mol. The second-order valence-corrected chi connectivity index (χ2v) is 11.9. The van der Waals surface area contributed by atoms with Crippen molar-refractivity contribution in [3.63, 3.8) is 0 Å². The van der Waals surface area contributed by atoms with Crippen molar-refractivity contribution < 1.29 is 28.7 Å². The topological polar surface area (TPSA) is 93.2 Å². The highest BCUT2D eigenvalue weighted by atomic mass is 16.5. The molecule has 0 bridgehead atoms. The van der Waals surface area contributed by atoms with Gasteiger partial charge in [0.2, 0.25) is 0 Å². The number of hydrogen-bond donors (Lipinski definition) is 0. The van der Waals surface area contributed by atoms with Crippen LogP contribution in [0.5, 0.6) is 0 Å². The minimum atomic E-state index is -0.251. The van der Waals surface area contributed by atoms with Crippen LogP contribution in [0.25, 0.3) is 0 Å². The molecule has 0 N–H and O–H groups in total. The predicted octanol–water partition coefficient (Wildman–Crippen LogP) is 6.20. The van der Waals surface area contributed by atoms with Crippen LogP contribution in [0, 0.1) is 25.7 Å². The Bertz CT molecular complexity index is 1200. The maximum atomic E-state index is 12.6. The number of esters is 2. The van der Waals surface area contributed by atoms with Gasteiger partial charge in [-0.3, -0.25) is 19.2 Å². The van der Waals surface area contributed by atoms with Crippen molar-refractivity contribution in [3.8, 4) is 0 Å². The molecule has 2 aromatic carbocycles. The van der Waals surface area contributed by atoms with Crippen molar-refractivity contribution in [3.05, 3.63) is 69.8 Å². The molecule has 0 spiro atoms. The van der Waals surface area contributed by atoms with E-state index in [4.69, 9.17) is 9.47 Å². The van der Waals surface area contributed by atoms with Crippen molar-refractivity contribution in [2.75, 3.05) is 26.3 Å². The van der Waals surface area contributed by atoms with Gasteiger partial charge in [-0.2, -0.15) is 0 Å². The minimum absolute atomic E-state index is 0.0213. The molecular formula is C34H46N2O6. The number of benzene rings is 2. The average molecular weight is 579 g/mol. The van der Waals surface area contributed by atoms with Gasteiger partial charge in [0.1, 0.15) is 0 Å². The molecule has 2 heterocycles. The molecule has 2 atom stereocenters. The first-order valence-corrected chi connectivity index (χ1v) is 15.0. The van der Waals surface area contributed by atoms with Gasteiger partial charge in [0.25, 0.3) is 11.8 Å². The van der Waals surface area contributed by atoms with Crippen molar-refractivity contribution in [1.82, 2.24) is 9.80 Å². The first-order valence-electron chi connectivity index (χ1n) is 15.0. The lowest BCUT2D eigenvalue weighted by Crippen LogP contribution is -2.33. The molecule has 2 aliphatic heterocycles. The van der Waals surface area contributed by atoms with Gasteiger partial charge in [-0.1, -0.05) is 63.1 Å². The fourth-order valence-corrected chi connectivity index (χ4v) is 5.64. The molecule has 0 saturated heterocycles. The fraction of sp³-hybridized carbons (Fsp3) is 0.529. The van der Waals surface area contributed by atoms with Crippen molar-refractivity contribution in [1.29, 1.82) is 0 Å². The molecule has 0 aromatic heterocycles. The average Bonchev–Trinajstić information content (AvgIpc) is 3.29. The lowest BCUT2D eigenvalue weighted by Gasteiger charge is -2.26. The van der Waals surface area contributed by atoms with E-state index in [0.29, 0.717) is 38.1 Å². The Balaban J connectivity index is 0.000000230. The normalized spacial score (nSPS) is 17.3. The summed E-state index contributed by atoms with van der Waals surface area (Å²) in [5.74, 6) is 0.251. The van der Waals surface area contributed by atoms with Crippen LogP contribution in [0.3, 0.4) is 0 Å². The summed E-state index contributed by atoms with van der Waals surface area (Å²) in [5, 5.41) is 0. The highest BCUT2D eigenvalue weighted by molar-refractivity contribution is 6.00. The molecule has 2 aromatic rings. The van der Waals surface area contributed by atoms with E-state index in [0.717, 1.165) is 33.4 Å². The van der Waals surface area contributed by atoms with Crippen LogP contribution < -0.4 is 0 Å². The van der Waals surface area contributed by atoms with Gasteiger partial charge in [-0.25, -0.2) is 0 Å². The maximum absolute atomic E-state index is 12.6. The molecule has 0 radical (unpaired) electrons. The third kappa shape index (κ3) is 7.78. The highest BCUT2D eigenvalue weighted by Gasteiger charge is 2.39. The molecule has 42 heavy (non-hydrogen) atoms. The maximum Gasteiger partial charge on any atom is 0.308 e. The standard InChI is InChI=1S/2C17H23NO3/c2*1-5-21-16(19)9-15-14-8-12(4)6-7-13(14)17(20)18(15)10-11(2)3/h2*6-8,11,15H,5,9-10H2,1-4H3. The quantitative estimate of drug-likeness (QED) is 0.312. The van der Waals surface area contributed by atoms with Gasteiger partial charge in [0.15, 0.2) is 0 Å². The molecule has 2 amide bonds. The number of ether oxygens (including phenoxy) is 2. The van der Waals surface area contributed by atoms with Gasteiger partial charge in [-0.15, -0.1) is 0 Å². The zero-order valence-electron chi connectivity index (χ0n) is 26.4. The summed E-state index contributed by atoms with van der Waals surface area (Å²) in [6.45, 7) is 17.9. The molecular weight excluding hydrogens is 532 g/mol.